The van der Waals surface area contributed by atoms with Crippen molar-refractivity contribution >= 4 is 16.7 Å². The summed E-state index contributed by atoms with van der Waals surface area (Å²) in [5.74, 6) is 0. The van der Waals surface area contributed by atoms with E-state index in [0.717, 1.165) is 36.1 Å². The van der Waals surface area contributed by atoms with Gasteiger partial charge in [0.2, 0.25) is 0 Å². The monoisotopic (exact) mass is 320 g/mol. The lowest BCUT2D eigenvalue weighted by atomic mass is 10.0. The minimum absolute atomic E-state index is 0.787. The lowest BCUT2D eigenvalue weighted by Crippen LogP contribution is -2.07. The number of aryl methyl sites for hydroxylation is 2. The largest absolute Gasteiger partial charge is 0.398 e. The maximum Gasteiger partial charge on any atom is 0.143 e. The zero-order valence-corrected chi connectivity index (χ0v) is 14.5. The summed E-state index contributed by atoms with van der Waals surface area (Å²) in [7, 11) is 0. The van der Waals surface area contributed by atoms with E-state index in [9.17, 15) is 0 Å². The molecular formula is C20H24N4. The number of rotatable bonds is 2. The number of aromatic nitrogens is 3. The third-order valence-electron chi connectivity index (χ3n) is 5.39. The van der Waals surface area contributed by atoms with Crippen LogP contribution in [0.5, 0.6) is 0 Å². The first kappa shape index (κ1) is 15.2. The van der Waals surface area contributed by atoms with Crippen molar-refractivity contribution in [2.75, 3.05) is 5.73 Å². The molecule has 4 heteroatoms. The normalized spacial score (nSPS) is 14.6. The van der Waals surface area contributed by atoms with Gasteiger partial charge in [-0.25, -0.2) is 4.98 Å². The van der Waals surface area contributed by atoms with Crippen LogP contribution in [0, 0.1) is 13.8 Å². The van der Waals surface area contributed by atoms with E-state index in [-0.39, 0.29) is 0 Å². The molecular weight excluding hydrogens is 296 g/mol. The molecule has 0 aliphatic heterocycles. The number of nitrogens with zero attached hydrogens (tertiary/aromatic N) is 3. The van der Waals surface area contributed by atoms with Gasteiger partial charge in [0.15, 0.2) is 0 Å². The van der Waals surface area contributed by atoms with Gasteiger partial charge in [0.1, 0.15) is 5.65 Å². The van der Waals surface area contributed by atoms with Crippen LogP contribution in [0.15, 0.2) is 24.5 Å². The molecule has 0 aromatic carbocycles. The predicted molar refractivity (Wildman–Crippen MR) is 98.2 cm³/mol. The highest BCUT2D eigenvalue weighted by Gasteiger charge is 2.21. The standard InChI is InChI=1S/C20H24N4/c1-13-14(2)24(12-15-7-6-10-22-11-15)20-18(13)19(21)16-8-4-3-5-9-17(16)23-20/h6-7,10-11H,3-5,8-9,12H2,1-2H3,(H2,21,23). The van der Waals surface area contributed by atoms with Gasteiger partial charge >= 0.3 is 0 Å². The molecule has 3 heterocycles. The Balaban J connectivity index is 1.93. The highest BCUT2D eigenvalue weighted by Crippen LogP contribution is 2.35. The van der Waals surface area contributed by atoms with Crippen molar-refractivity contribution in [2.24, 2.45) is 0 Å². The van der Waals surface area contributed by atoms with Crippen molar-refractivity contribution in [2.45, 2.75) is 52.5 Å². The van der Waals surface area contributed by atoms with Crippen LogP contribution in [-0.4, -0.2) is 14.5 Å². The zero-order valence-electron chi connectivity index (χ0n) is 14.5. The van der Waals surface area contributed by atoms with Gasteiger partial charge in [-0.05, 0) is 62.3 Å². The van der Waals surface area contributed by atoms with Gasteiger partial charge in [-0.1, -0.05) is 12.5 Å². The van der Waals surface area contributed by atoms with Crippen molar-refractivity contribution in [1.82, 2.24) is 14.5 Å². The van der Waals surface area contributed by atoms with Gasteiger partial charge in [0, 0.05) is 34.9 Å². The SMILES string of the molecule is Cc1c(C)n(Cc2cccnc2)c2nc3c(c(N)c12)CCCCC3. The summed E-state index contributed by atoms with van der Waals surface area (Å²) in [5.41, 5.74) is 14.8. The quantitative estimate of drug-likeness (QED) is 0.727. The Labute approximate surface area is 142 Å². The molecule has 3 aromatic heterocycles. The molecule has 124 valence electrons. The van der Waals surface area contributed by atoms with Gasteiger partial charge in [-0.2, -0.15) is 0 Å². The number of nitrogens with two attached hydrogens (primary N) is 1. The molecule has 0 unspecified atom stereocenters. The van der Waals surface area contributed by atoms with Crippen molar-refractivity contribution in [3.8, 4) is 0 Å². The molecule has 24 heavy (non-hydrogen) atoms. The number of hydrogen-bond donors (Lipinski definition) is 1. The number of fused-ring (bicyclic) bond motifs is 2. The van der Waals surface area contributed by atoms with Gasteiger partial charge in [0.05, 0.1) is 6.54 Å². The molecule has 3 aromatic rings. The maximum atomic E-state index is 6.62. The molecule has 0 amide bonds. The lowest BCUT2D eigenvalue weighted by Gasteiger charge is -2.12. The Morgan fingerprint density at radius 3 is 2.79 bits per heavy atom. The van der Waals surface area contributed by atoms with E-state index < -0.39 is 0 Å². The molecule has 0 atom stereocenters. The average Bonchev–Trinajstić information content (AvgIpc) is 2.76. The van der Waals surface area contributed by atoms with Crippen LogP contribution in [0.25, 0.3) is 11.0 Å². The maximum absolute atomic E-state index is 6.62. The molecule has 0 spiro atoms. The topological polar surface area (TPSA) is 56.7 Å². The summed E-state index contributed by atoms with van der Waals surface area (Å²) < 4.78 is 2.29. The first-order chi connectivity index (χ1) is 11.7. The second-order valence-electron chi connectivity index (χ2n) is 6.87. The molecule has 2 N–H and O–H groups in total. The Hall–Kier alpha value is -2.36. The van der Waals surface area contributed by atoms with Crippen LogP contribution in [-0.2, 0) is 19.4 Å². The fourth-order valence-electron chi connectivity index (χ4n) is 3.91. The van der Waals surface area contributed by atoms with Crippen LogP contribution in [0.1, 0.15) is 47.3 Å². The molecule has 4 nitrogen and oxygen atoms in total. The molecule has 0 radical (unpaired) electrons. The summed E-state index contributed by atoms with van der Waals surface area (Å²) in [5, 5.41) is 1.15. The van der Waals surface area contributed by atoms with E-state index in [4.69, 9.17) is 10.7 Å². The molecule has 4 rings (SSSR count). The van der Waals surface area contributed by atoms with Gasteiger partial charge < -0.3 is 10.3 Å². The average molecular weight is 320 g/mol. The van der Waals surface area contributed by atoms with Crippen LogP contribution < -0.4 is 5.73 Å². The second-order valence-corrected chi connectivity index (χ2v) is 6.87. The summed E-state index contributed by atoms with van der Waals surface area (Å²) in [6, 6.07) is 4.09. The molecule has 0 saturated heterocycles. The first-order valence-electron chi connectivity index (χ1n) is 8.82. The van der Waals surface area contributed by atoms with Gasteiger partial charge in [-0.15, -0.1) is 0 Å². The van der Waals surface area contributed by atoms with Gasteiger partial charge in [-0.3, -0.25) is 4.98 Å². The first-order valence-corrected chi connectivity index (χ1v) is 8.82. The second kappa shape index (κ2) is 5.93. The van der Waals surface area contributed by atoms with Crippen molar-refractivity contribution in [3.05, 3.63) is 52.6 Å². The van der Waals surface area contributed by atoms with Crippen LogP contribution in [0.3, 0.4) is 0 Å². The van der Waals surface area contributed by atoms with E-state index >= 15 is 0 Å². The molecule has 0 fully saturated rings. The lowest BCUT2D eigenvalue weighted by molar-refractivity contribution is 0.708. The van der Waals surface area contributed by atoms with E-state index in [1.165, 1.54) is 47.3 Å². The van der Waals surface area contributed by atoms with E-state index in [2.05, 4.69) is 29.5 Å². The molecule has 1 aliphatic carbocycles. The smallest absolute Gasteiger partial charge is 0.143 e. The highest BCUT2D eigenvalue weighted by atomic mass is 15.1. The molecule has 1 aliphatic rings. The van der Waals surface area contributed by atoms with Gasteiger partial charge in [0.25, 0.3) is 0 Å². The number of nitrogen functional groups attached to an aromatic ring is 1. The number of hydrogen-bond acceptors (Lipinski definition) is 3. The van der Waals surface area contributed by atoms with Crippen molar-refractivity contribution in [1.29, 1.82) is 0 Å². The molecule has 0 saturated carbocycles. The predicted octanol–water partition coefficient (Wildman–Crippen LogP) is 3.95. The van der Waals surface area contributed by atoms with Crippen LogP contribution in [0.4, 0.5) is 5.69 Å². The fraction of sp³-hybridized carbons (Fsp3) is 0.400. The Kier molecular flexibility index (Phi) is 3.75. The van der Waals surface area contributed by atoms with Crippen molar-refractivity contribution in [3.63, 3.8) is 0 Å². The number of pyridine rings is 2. The summed E-state index contributed by atoms with van der Waals surface area (Å²) in [6.07, 6.45) is 9.56. The van der Waals surface area contributed by atoms with E-state index in [0.29, 0.717) is 0 Å². The molecule has 0 bridgehead atoms. The third-order valence-corrected chi connectivity index (χ3v) is 5.39. The number of anilines is 1. The van der Waals surface area contributed by atoms with Crippen LogP contribution >= 0.6 is 0 Å². The fourth-order valence-corrected chi connectivity index (χ4v) is 3.91. The zero-order chi connectivity index (χ0) is 16.7. The third kappa shape index (κ3) is 2.37. The summed E-state index contributed by atoms with van der Waals surface area (Å²) >= 11 is 0. The summed E-state index contributed by atoms with van der Waals surface area (Å²) in [4.78, 5) is 9.32. The Morgan fingerprint density at radius 1 is 1.17 bits per heavy atom. The Morgan fingerprint density at radius 2 is 2.00 bits per heavy atom. The minimum Gasteiger partial charge on any atom is -0.398 e. The van der Waals surface area contributed by atoms with Crippen LogP contribution in [0.2, 0.25) is 0 Å². The van der Waals surface area contributed by atoms with Crippen molar-refractivity contribution < 1.29 is 0 Å². The van der Waals surface area contributed by atoms with E-state index in [1.807, 2.05) is 18.5 Å². The van der Waals surface area contributed by atoms with E-state index in [1.54, 1.807) is 0 Å². The summed E-state index contributed by atoms with van der Waals surface area (Å²) in [6.45, 7) is 5.12. The Bertz CT molecular complexity index is 893. The minimum atomic E-state index is 0.787. The highest BCUT2D eigenvalue weighted by molar-refractivity contribution is 5.95.